The normalized spacial score (nSPS) is 12.6. The number of carbonyl (C=O) groups excluding carboxylic acids is 1. The van der Waals surface area contributed by atoms with Crippen LogP contribution in [-0.2, 0) is 11.0 Å². The number of hydrogen-bond acceptors (Lipinski definition) is 2. The topological polar surface area (TPSA) is 38.3 Å². The van der Waals surface area contributed by atoms with Gasteiger partial charge in [-0.2, -0.15) is 13.2 Å². The Kier molecular flexibility index (Phi) is 5.79. The summed E-state index contributed by atoms with van der Waals surface area (Å²) in [7, 11) is 0. The van der Waals surface area contributed by atoms with E-state index in [4.69, 9.17) is 16.3 Å². The third-order valence-corrected chi connectivity index (χ3v) is 4.44. The van der Waals surface area contributed by atoms with Crippen molar-refractivity contribution >= 4 is 34.0 Å². The van der Waals surface area contributed by atoms with Gasteiger partial charge in [-0.15, -0.1) is 0 Å². The monoisotopic (exact) mass is 407 g/mol. The highest BCUT2D eigenvalue weighted by molar-refractivity contribution is 6.30. The molecular weight excluding hydrogens is 391 g/mol. The minimum Gasteiger partial charge on any atom is -0.481 e. The summed E-state index contributed by atoms with van der Waals surface area (Å²) in [5.74, 6) is -0.198. The summed E-state index contributed by atoms with van der Waals surface area (Å²) in [6.45, 7) is 1.72. The van der Waals surface area contributed by atoms with E-state index in [1.54, 1.807) is 19.1 Å². The Morgan fingerprint density at radius 1 is 1.07 bits per heavy atom. The summed E-state index contributed by atoms with van der Waals surface area (Å²) < 4.78 is 45.4. The first-order valence-corrected chi connectivity index (χ1v) is 8.99. The van der Waals surface area contributed by atoms with Crippen LogP contribution >= 0.6 is 11.6 Å². The van der Waals surface area contributed by atoms with Crippen molar-refractivity contribution in [2.45, 2.75) is 25.6 Å². The number of fused-ring (bicyclic) bond motifs is 1. The van der Waals surface area contributed by atoms with Gasteiger partial charge in [0, 0.05) is 5.02 Å². The van der Waals surface area contributed by atoms with E-state index in [0.29, 0.717) is 5.75 Å². The molecule has 0 heterocycles. The second kappa shape index (κ2) is 8.10. The Hall–Kier alpha value is -2.73. The number of carbonyl (C=O) groups is 1. The quantitative estimate of drug-likeness (QED) is 0.538. The van der Waals surface area contributed by atoms with Crippen LogP contribution in [0.1, 0.15) is 18.9 Å². The van der Waals surface area contributed by atoms with Crippen molar-refractivity contribution in [2.24, 2.45) is 0 Å². The molecule has 3 aromatic carbocycles. The molecule has 1 atom stereocenters. The molecule has 0 saturated carbocycles. The van der Waals surface area contributed by atoms with Gasteiger partial charge in [-0.3, -0.25) is 4.79 Å². The van der Waals surface area contributed by atoms with Crippen LogP contribution in [0, 0.1) is 0 Å². The van der Waals surface area contributed by atoms with Gasteiger partial charge < -0.3 is 10.1 Å². The molecule has 0 unspecified atom stereocenters. The molecule has 0 fully saturated rings. The Balaban J connectivity index is 1.80. The van der Waals surface area contributed by atoms with E-state index < -0.39 is 23.8 Å². The first-order valence-electron chi connectivity index (χ1n) is 8.61. The number of alkyl halides is 3. The maximum atomic E-state index is 13.2. The predicted octanol–water partition coefficient (Wildman–Crippen LogP) is 6.31. The highest BCUT2D eigenvalue weighted by atomic mass is 35.5. The standard InChI is InChI=1S/C21H17ClF3NO2/c1-2-19(28-16-9-7-13-5-3-4-6-14(13)11-16)20(27)26-18-10-8-15(22)12-17(18)21(23,24)25/h3-12,19H,2H2,1H3,(H,26,27)/t19-/m0/s1. The molecule has 1 amide bonds. The molecular formula is C21H17ClF3NO2. The van der Waals surface area contributed by atoms with Gasteiger partial charge >= 0.3 is 6.18 Å². The molecule has 0 aliphatic carbocycles. The van der Waals surface area contributed by atoms with Crippen molar-refractivity contribution in [2.75, 3.05) is 5.32 Å². The Labute approximate surface area is 165 Å². The van der Waals surface area contributed by atoms with Crippen LogP contribution in [0.3, 0.4) is 0 Å². The second-order valence-corrected chi connectivity index (χ2v) is 6.64. The summed E-state index contributed by atoms with van der Waals surface area (Å²) in [5.41, 5.74) is -1.36. The maximum Gasteiger partial charge on any atom is 0.418 e. The van der Waals surface area contributed by atoms with Gasteiger partial charge in [0.05, 0.1) is 11.3 Å². The lowest BCUT2D eigenvalue weighted by Gasteiger charge is -2.19. The number of amides is 1. The van der Waals surface area contributed by atoms with Gasteiger partial charge in [0.25, 0.3) is 5.91 Å². The van der Waals surface area contributed by atoms with E-state index in [1.807, 2.05) is 30.3 Å². The Morgan fingerprint density at radius 2 is 1.79 bits per heavy atom. The number of anilines is 1. The molecule has 0 radical (unpaired) electrons. The molecule has 28 heavy (non-hydrogen) atoms. The van der Waals surface area contributed by atoms with Gasteiger partial charge in [-0.1, -0.05) is 48.9 Å². The van der Waals surface area contributed by atoms with Crippen molar-refractivity contribution in [3.8, 4) is 5.75 Å². The highest BCUT2D eigenvalue weighted by Gasteiger charge is 2.34. The largest absolute Gasteiger partial charge is 0.481 e. The molecule has 0 bridgehead atoms. The van der Waals surface area contributed by atoms with Crippen molar-refractivity contribution in [1.82, 2.24) is 0 Å². The van der Waals surface area contributed by atoms with Crippen LogP contribution in [0.25, 0.3) is 10.8 Å². The molecule has 3 rings (SSSR count). The van der Waals surface area contributed by atoms with Crippen molar-refractivity contribution in [1.29, 1.82) is 0 Å². The van der Waals surface area contributed by atoms with Crippen LogP contribution < -0.4 is 10.1 Å². The van der Waals surface area contributed by atoms with E-state index in [9.17, 15) is 18.0 Å². The summed E-state index contributed by atoms with van der Waals surface area (Å²) in [5, 5.41) is 4.20. The summed E-state index contributed by atoms with van der Waals surface area (Å²) in [6, 6.07) is 16.2. The van der Waals surface area contributed by atoms with Gasteiger partial charge in [0.2, 0.25) is 0 Å². The average Bonchev–Trinajstić information content (AvgIpc) is 2.66. The fourth-order valence-corrected chi connectivity index (χ4v) is 2.97. The Bertz CT molecular complexity index is 1000. The number of nitrogens with one attached hydrogen (secondary N) is 1. The smallest absolute Gasteiger partial charge is 0.418 e. The minimum atomic E-state index is -4.64. The molecule has 0 aromatic heterocycles. The second-order valence-electron chi connectivity index (χ2n) is 6.20. The lowest BCUT2D eigenvalue weighted by Crippen LogP contribution is -2.33. The van der Waals surface area contributed by atoms with Gasteiger partial charge in [0.1, 0.15) is 5.75 Å². The zero-order chi connectivity index (χ0) is 20.3. The lowest BCUT2D eigenvalue weighted by atomic mass is 10.1. The molecule has 0 aliphatic rings. The van der Waals surface area contributed by atoms with E-state index in [2.05, 4.69) is 5.32 Å². The summed E-state index contributed by atoms with van der Waals surface area (Å²) >= 11 is 5.67. The first kappa shape index (κ1) is 20.0. The van der Waals surface area contributed by atoms with E-state index in [-0.39, 0.29) is 17.1 Å². The van der Waals surface area contributed by atoms with Crippen LogP contribution in [0.2, 0.25) is 5.02 Å². The number of rotatable bonds is 5. The van der Waals surface area contributed by atoms with Gasteiger partial charge in [-0.05, 0) is 47.5 Å². The van der Waals surface area contributed by atoms with Gasteiger partial charge in [0.15, 0.2) is 6.10 Å². The highest BCUT2D eigenvalue weighted by Crippen LogP contribution is 2.36. The number of ether oxygens (including phenoxy) is 1. The Morgan fingerprint density at radius 3 is 2.46 bits per heavy atom. The molecule has 0 saturated heterocycles. The zero-order valence-corrected chi connectivity index (χ0v) is 15.6. The number of hydrogen-bond donors (Lipinski definition) is 1. The summed E-state index contributed by atoms with van der Waals surface area (Å²) in [6.07, 6.45) is -5.31. The van der Waals surface area contributed by atoms with E-state index in [0.717, 1.165) is 22.9 Å². The number of halogens is 4. The molecule has 7 heteroatoms. The third kappa shape index (κ3) is 4.57. The molecule has 0 spiro atoms. The van der Waals surface area contributed by atoms with Crippen molar-refractivity contribution < 1.29 is 22.7 Å². The average molecular weight is 408 g/mol. The SMILES string of the molecule is CC[C@H](Oc1ccc2ccccc2c1)C(=O)Nc1ccc(Cl)cc1C(F)(F)F. The fraction of sp³-hybridized carbons (Fsp3) is 0.190. The van der Waals surface area contributed by atoms with Crippen LogP contribution in [-0.4, -0.2) is 12.0 Å². The van der Waals surface area contributed by atoms with Crippen LogP contribution in [0.15, 0.2) is 60.7 Å². The van der Waals surface area contributed by atoms with Crippen molar-refractivity contribution in [3.63, 3.8) is 0 Å². The van der Waals surface area contributed by atoms with E-state index in [1.165, 1.54) is 6.07 Å². The third-order valence-electron chi connectivity index (χ3n) is 4.21. The molecule has 3 nitrogen and oxygen atoms in total. The fourth-order valence-electron chi connectivity index (χ4n) is 2.80. The molecule has 0 aliphatic heterocycles. The van der Waals surface area contributed by atoms with Gasteiger partial charge in [-0.25, -0.2) is 0 Å². The molecule has 146 valence electrons. The number of benzene rings is 3. The van der Waals surface area contributed by atoms with Crippen molar-refractivity contribution in [3.05, 3.63) is 71.2 Å². The van der Waals surface area contributed by atoms with Crippen LogP contribution in [0.5, 0.6) is 5.75 Å². The van der Waals surface area contributed by atoms with Crippen LogP contribution in [0.4, 0.5) is 18.9 Å². The molecule has 3 aromatic rings. The minimum absolute atomic E-state index is 0.0650. The first-order chi connectivity index (χ1) is 13.3. The van der Waals surface area contributed by atoms with E-state index >= 15 is 0 Å². The predicted molar refractivity (Wildman–Crippen MR) is 104 cm³/mol. The summed E-state index contributed by atoms with van der Waals surface area (Å²) in [4.78, 5) is 12.5. The lowest BCUT2D eigenvalue weighted by molar-refractivity contribution is -0.137. The maximum absolute atomic E-state index is 13.2. The molecule has 1 N–H and O–H groups in total. The zero-order valence-electron chi connectivity index (χ0n) is 14.9.